The van der Waals surface area contributed by atoms with Crippen molar-refractivity contribution in [1.82, 2.24) is 4.98 Å². The fraction of sp³-hybridized carbons (Fsp3) is 0.333. The summed E-state index contributed by atoms with van der Waals surface area (Å²) >= 11 is 0. The molecule has 0 bridgehead atoms. The van der Waals surface area contributed by atoms with Gasteiger partial charge in [0.1, 0.15) is 5.52 Å². The summed E-state index contributed by atoms with van der Waals surface area (Å²) in [6.07, 6.45) is 0.382. The van der Waals surface area contributed by atoms with Gasteiger partial charge >= 0.3 is 5.97 Å². The van der Waals surface area contributed by atoms with Gasteiger partial charge in [-0.3, -0.25) is 4.79 Å². The molecule has 16 heavy (non-hydrogen) atoms. The molecule has 1 aromatic carbocycles. The summed E-state index contributed by atoms with van der Waals surface area (Å²) in [7, 11) is 0. The smallest absolute Gasteiger partial charge is 0.303 e. The maximum atomic E-state index is 10.4. The van der Waals surface area contributed by atoms with Gasteiger partial charge < -0.3 is 9.52 Å². The van der Waals surface area contributed by atoms with Crippen LogP contribution in [0.3, 0.4) is 0 Å². The van der Waals surface area contributed by atoms with Crippen LogP contribution in [0, 0.1) is 13.8 Å². The number of aliphatic carboxylic acids is 1. The lowest BCUT2D eigenvalue weighted by Crippen LogP contribution is -1.97. The van der Waals surface area contributed by atoms with Crippen LogP contribution in [0.1, 0.15) is 23.4 Å². The fourth-order valence-corrected chi connectivity index (χ4v) is 1.55. The van der Waals surface area contributed by atoms with Gasteiger partial charge in [-0.2, -0.15) is 0 Å². The summed E-state index contributed by atoms with van der Waals surface area (Å²) in [4.78, 5) is 14.7. The molecule has 1 heterocycles. The first-order chi connectivity index (χ1) is 7.56. The van der Waals surface area contributed by atoms with Crippen molar-refractivity contribution >= 4 is 17.1 Å². The van der Waals surface area contributed by atoms with Gasteiger partial charge in [-0.1, -0.05) is 0 Å². The molecule has 2 rings (SSSR count). The molecule has 0 aliphatic heterocycles. The molecule has 4 heteroatoms. The molecule has 0 fully saturated rings. The van der Waals surface area contributed by atoms with E-state index in [-0.39, 0.29) is 6.42 Å². The summed E-state index contributed by atoms with van der Waals surface area (Å²) in [6.45, 7) is 4.02. The van der Waals surface area contributed by atoms with Gasteiger partial charge in [0, 0.05) is 6.42 Å². The third-order valence-corrected chi connectivity index (χ3v) is 2.60. The number of hydrogen-bond donors (Lipinski definition) is 1. The molecule has 0 radical (unpaired) electrons. The average Bonchev–Trinajstić information content (AvgIpc) is 2.58. The number of carboxylic acid groups (broad SMARTS) is 1. The molecule has 4 nitrogen and oxygen atoms in total. The average molecular weight is 219 g/mol. The van der Waals surface area contributed by atoms with Gasteiger partial charge in [0.2, 0.25) is 0 Å². The number of aromatic nitrogens is 1. The second-order valence-electron chi connectivity index (χ2n) is 3.91. The Balaban J connectivity index is 2.33. The number of nitrogens with zero attached hydrogens (tertiary/aromatic N) is 1. The molecule has 0 amide bonds. The van der Waals surface area contributed by atoms with Crippen LogP contribution in [0.4, 0.5) is 0 Å². The molecule has 1 aromatic heterocycles. The zero-order valence-electron chi connectivity index (χ0n) is 9.28. The SMILES string of the molecule is Cc1cc2nc(CCC(=O)O)oc2cc1C. The number of hydrogen-bond acceptors (Lipinski definition) is 3. The molecule has 0 saturated carbocycles. The third kappa shape index (κ3) is 2.05. The Bertz CT molecular complexity index is 503. The summed E-state index contributed by atoms with van der Waals surface area (Å²) in [6, 6.07) is 3.89. The highest BCUT2D eigenvalue weighted by molar-refractivity contribution is 5.75. The van der Waals surface area contributed by atoms with Gasteiger partial charge in [0.25, 0.3) is 0 Å². The van der Waals surface area contributed by atoms with Gasteiger partial charge in [-0.25, -0.2) is 4.98 Å². The van der Waals surface area contributed by atoms with E-state index in [1.54, 1.807) is 0 Å². The van der Waals surface area contributed by atoms with E-state index in [2.05, 4.69) is 4.98 Å². The Morgan fingerprint density at radius 2 is 2.06 bits per heavy atom. The van der Waals surface area contributed by atoms with Crippen molar-refractivity contribution in [1.29, 1.82) is 0 Å². The fourth-order valence-electron chi connectivity index (χ4n) is 1.55. The zero-order valence-corrected chi connectivity index (χ0v) is 9.28. The lowest BCUT2D eigenvalue weighted by Gasteiger charge is -1.96. The van der Waals surface area contributed by atoms with E-state index in [9.17, 15) is 4.79 Å². The largest absolute Gasteiger partial charge is 0.481 e. The van der Waals surface area contributed by atoms with Crippen molar-refractivity contribution in [3.05, 3.63) is 29.2 Å². The maximum absolute atomic E-state index is 10.4. The van der Waals surface area contributed by atoms with Crippen molar-refractivity contribution in [3.8, 4) is 0 Å². The number of rotatable bonds is 3. The minimum Gasteiger partial charge on any atom is -0.481 e. The van der Waals surface area contributed by atoms with E-state index >= 15 is 0 Å². The summed E-state index contributed by atoms with van der Waals surface area (Å²) in [5, 5.41) is 8.57. The van der Waals surface area contributed by atoms with Gasteiger partial charge in [-0.05, 0) is 37.1 Å². The summed E-state index contributed by atoms with van der Waals surface area (Å²) < 4.78 is 5.48. The van der Waals surface area contributed by atoms with Crippen LogP contribution in [0.5, 0.6) is 0 Å². The van der Waals surface area contributed by atoms with Crippen molar-refractivity contribution in [2.24, 2.45) is 0 Å². The van der Waals surface area contributed by atoms with E-state index in [0.29, 0.717) is 12.3 Å². The Hall–Kier alpha value is -1.84. The van der Waals surface area contributed by atoms with Crippen LogP contribution in [-0.4, -0.2) is 16.1 Å². The van der Waals surface area contributed by atoms with Crippen molar-refractivity contribution in [2.45, 2.75) is 26.7 Å². The standard InChI is InChI=1S/C12H13NO3/c1-7-5-9-10(6-8(7)2)16-11(13-9)3-4-12(14)15/h5-6H,3-4H2,1-2H3,(H,14,15). The van der Waals surface area contributed by atoms with E-state index in [4.69, 9.17) is 9.52 Å². The van der Waals surface area contributed by atoms with Crippen molar-refractivity contribution in [2.75, 3.05) is 0 Å². The monoisotopic (exact) mass is 219 g/mol. The topological polar surface area (TPSA) is 63.3 Å². The normalized spacial score (nSPS) is 10.9. The van der Waals surface area contributed by atoms with E-state index in [1.807, 2.05) is 26.0 Å². The van der Waals surface area contributed by atoms with Gasteiger partial charge in [-0.15, -0.1) is 0 Å². The van der Waals surface area contributed by atoms with E-state index in [0.717, 1.165) is 22.2 Å². The second-order valence-corrected chi connectivity index (χ2v) is 3.91. The van der Waals surface area contributed by atoms with Crippen LogP contribution in [0.15, 0.2) is 16.5 Å². The minimum atomic E-state index is -0.838. The van der Waals surface area contributed by atoms with Crippen LogP contribution >= 0.6 is 0 Å². The molecule has 2 aromatic rings. The number of oxazole rings is 1. The number of carboxylic acids is 1. The Labute approximate surface area is 92.9 Å². The molecule has 0 spiro atoms. The first-order valence-corrected chi connectivity index (χ1v) is 5.15. The molecule has 1 N–H and O–H groups in total. The highest BCUT2D eigenvalue weighted by atomic mass is 16.4. The lowest BCUT2D eigenvalue weighted by molar-refractivity contribution is -0.137. The highest BCUT2D eigenvalue weighted by Crippen LogP contribution is 2.20. The second kappa shape index (κ2) is 3.96. The maximum Gasteiger partial charge on any atom is 0.303 e. The summed E-state index contributed by atoms with van der Waals surface area (Å²) in [5.74, 6) is -0.350. The van der Waals surface area contributed by atoms with Crippen molar-refractivity contribution < 1.29 is 14.3 Å². The lowest BCUT2D eigenvalue weighted by atomic mass is 10.1. The number of carbonyl (C=O) groups is 1. The van der Waals surface area contributed by atoms with Gasteiger partial charge in [0.05, 0.1) is 6.42 Å². The minimum absolute atomic E-state index is 0.0464. The number of fused-ring (bicyclic) bond motifs is 1. The highest BCUT2D eigenvalue weighted by Gasteiger charge is 2.08. The Morgan fingerprint density at radius 3 is 2.75 bits per heavy atom. The summed E-state index contributed by atoms with van der Waals surface area (Å²) in [5.41, 5.74) is 3.82. The van der Waals surface area contributed by atoms with E-state index in [1.165, 1.54) is 0 Å². The van der Waals surface area contributed by atoms with Crippen LogP contribution in [0.2, 0.25) is 0 Å². The molecule has 0 unspecified atom stereocenters. The first-order valence-electron chi connectivity index (χ1n) is 5.15. The first kappa shape index (κ1) is 10.7. The third-order valence-electron chi connectivity index (χ3n) is 2.60. The molecule has 84 valence electrons. The molecular weight excluding hydrogens is 206 g/mol. The predicted molar refractivity (Wildman–Crippen MR) is 59.4 cm³/mol. The molecular formula is C12H13NO3. The quantitative estimate of drug-likeness (QED) is 0.861. The van der Waals surface area contributed by atoms with E-state index < -0.39 is 5.97 Å². The van der Waals surface area contributed by atoms with Crippen LogP contribution in [-0.2, 0) is 11.2 Å². The Morgan fingerprint density at radius 1 is 1.38 bits per heavy atom. The molecule has 0 saturated heterocycles. The molecule has 0 aliphatic carbocycles. The van der Waals surface area contributed by atoms with Gasteiger partial charge in [0.15, 0.2) is 11.5 Å². The zero-order chi connectivity index (χ0) is 11.7. The van der Waals surface area contributed by atoms with Crippen LogP contribution < -0.4 is 0 Å². The molecule has 0 aliphatic rings. The van der Waals surface area contributed by atoms with Crippen LogP contribution in [0.25, 0.3) is 11.1 Å². The predicted octanol–water partition coefficient (Wildman–Crippen LogP) is 2.46. The number of aryl methyl sites for hydroxylation is 3. The number of benzene rings is 1. The van der Waals surface area contributed by atoms with Crippen molar-refractivity contribution in [3.63, 3.8) is 0 Å². The molecule has 0 atom stereocenters. The Kier molecular flexibility index (Phi) is 2.64.